The molecule has 0 radical (unpaired) electrons. The molecule has 4 fully saturated rings. The molecule has 0 aromatic carbocycles. The number of carbonyl (C=O) groups excluding carboxylic acids is 1. The van der Waals surface area contributed by atoms with E-state index in [1.807, 2.05) is 0 Å². The van der Waals surface area contributed by atoms with Crippen molar-refractivity contribution < 1.29 is 102 Å². The molecule has 20 atom stereocenters. The Labute approximate surface area is 317 Å². The number of nitrogens with one attached hydrogen (secondary N) is 1. The molecule has 0 spiro atoms. The van der Waals surface area contributed by atoms with Crippen LogP contribution in [-0.2, 0) is 43.6 Å². The molecule has 4 rings (SSSR count). The number of hydrogen-bond acceptors (Lipinski definition) is 22. The molecule has 0 unspecified atom stereocenters. The van der Waals surface area contributed by atoms with Crippen molar-refractivity contribution in [3.63, 3.8) is 0 Å². The lowest BCUT2D eigenvalue weighted by molar-refractivity contribution is -0.357. The van der Waals surface area contributed by atoms with E-state index in [0.717, 1.165) is 0 Å². The maximum Gasteiger partial charge on any atom is 0.394 e. The zero-order valence-corrected chi connectivity index (χ0v) is 30.4. The molecular formula is C27H51N7O21S. The van der Waals surface area contributed by atoms with Crippen LogP contribution in [0.4, 0.5) is 0 Å². The third kappa shape index (κ3) is 10.7. The Hall–Kier alpha value is -2.60. The largest absolute Gasteiger partial charge is 0.394 e. The molecule has 56 heavy (non-hydrogen) atoms. The quantitative estimate of drug-likeness (QED) is 0.0375. The van der Waals surface area contributed by atoms with Gasteiger partial charge in [0.05, 0.1) is 25.4 Å². The Morgan fingerprint density at radius 2 is 1.23 bits per heavy atom. The van der Waals surface area contributed by atoms with E-state index in [2.05, 4.69) is 15.3 Å². The average molecular weight is 842 g/mol. The first kappa shape index (κ1) is 47.8. The van der Waals surface area contributed by atoms with E-state index in [9.17, 15) is 55.9 Å². The standard InChI is InChI=1S/C27H49N7O17.H2O4S/c1-6-27(45,5-37)21(24(46-6)50-20-10(34-26(30)31)13(39)9(33-25(28)29)14(40)17(20)43)51-22-11(32-2)15(41)19(8(4-36)48-22)49-23-18(44)16(42)12(38)7(3-35)47-23;1-5(2,3)4/h5-24,32,35-36,38-45H,3-4H2,1-2H3,(H4,28,29,33)(H4,30,31,34);(H2,1,2,3,4)/t6-,7-,8-,9-,10+,11-,12+,13+,14+,15-,16-,17-,18-,19-,20-,21-,22-,23+,24-,27+;/m0./s1. The molecule has 326 valence electrons. The maximum absolute atomic E-state index is 12.3. The minimum absolute atomic E-state index is 0.0944. The van der Waals surface area contributed by atoms with Gasteiger partial charge in [0.15, 0.2) is 42.7 Å². The first-order valence-electron chi connectivity index (χ1n) is 16.6. The third-order valence-corrected chi connectivity index (χ3v) is 9.45. The topological polar surface area (TPSA) is 490 Å². The van der Waals surface area contributed by atoms with Crippen LogP contribution in [0.2, 0.25) is 0 Å². The third-order valence-electron chi connectivity index (χ3n) is 9.45. The van der Waals surface area contributed by atoms with Crippen LogP contribution >= 0.6 is 0 Å². The summed E-state index contributed by atoms with van der Waals surface area (Å²) in [5, 5.41) is 109. The normalized spacial score (nSPS) is 45.6. The highest BCUT2D eigenvalue weighted by molar-refractivity contribution is 7.79. The lowest BCUT2D eigenvalue weighted by atomic mass is 9.81. The number of nitrogens with two attached hydrogens (primary N) is 4. The van der Waals surface area contributed by atoms with Crippen molar-refractivity contribution in [2.75, 3.05) is 20.3 Å². The second kappa shape index (κ2) is 19.4. The number of aliphatic hydroxyl groups excluding tert-OH is 9. The van der Waals surface area contributed by atoms with Crippen LogP contribution in [0.3, 0.4) is 0 Å². The molecule has 29 heteroatoms. The van der Waals surface area contributed by atoms with Crippen LogP contribution in [0.5, 0.6) is 0 Å². The van der Waals surface area contributed by atoms with Crippen molar-refractivity contribution >= 4 is 28.6 Å². The SMILES string of the molecule is CN[C@@H]1[C@H](O[C@H]2[C@H](O[C@@H]3[C@@H](O)[C@H](O)[C@@H](N=C(N)N)[C@@H](O)[C@H]3N=C(N)N)O[C@@H](C)[C@]2(O)C=O)O[C@@H](CO)[C@H](O[C@H]2O[C@@H](CO)[C@@H](O)[C@H](O)[C@@H]2O)[C@H]1O.O=S(=O)(O)O. The fourth-order valence-electron chi connectivity index (χ4n) is 6.57. The summed E-state index contributed by atoms with van der Waals surface area (Å²) >= 11 is 0. The highest BCUT2D eigenvalue weighted by atomic mass is 32.3. The Balaban J connectivity index is 0.00000158. The van der Waals surface area contributed by atoms with E-state index < -0.39 is 157 Å². The van der Waals surface area contributed by atoms with Crippen LogP contribution in [-0.4, -0.2) is 229 Å². The Morgan fingerprint density at radius 3 is 1.73 bits per heavy atom. The lowest BCUT2D eigenvalue weighted by Crippen LogP contribution is -2.68. The number of rotatable bonds is 12. The van der Waals surface area contributed by atoms with Gasteiger partial charge in [-0.05, 0) is 14.0 Å². The van der Waals surface area contributed by atoms with Gasteiger partial charge in [-0.2, -0.15) is 8.42 Å². The van der Waals surface area contributed by atoms with Crippen molar-refractivity contribution in [2.45, 2.75) is 129 Å². The van der Waals surface area contributed by atoms with Crippen molar-refractivity contribution in [1.82, 2.24) is 5.32 Å². The summed E-state index contributed by atoms with van der Waals surface area (Å²) < 4.78 is 66.2. The summed E-state index contributed by atoms with van der Waals surface area (Å²) in [4.78, 5) is 20.0. The molecule has 0 bridgehead atoms. The van der Waals surface area contributed by atoms with E-state index in [4.69, 9.17) is 68.9 Å². The summed E-state index contributed by atoms with van der Waals surface area (Å²) in [5.41, 5.74) is 19.4. The maximum atomic E-state index is 12.3. The van der Waals surface area contributed by atoms with Gasteiger partial charge in [-0.25, -0.2) is 9.98 Å². The molecule has 0 amide bonds. The second-order valence-corrected chi connectivity index (χ2v) is 14.0. The van der Waals surface area contributed by atoms with Gasteiger partial charge in [0.2, 0.25) is 0 Å². The predicted octanol–water partition coefficient (Wildman–Crippen LogP) is -11.0. The van der Waals surface area contributed by atoms with Gasteiger partial charge in [0.1, 0.15) is 85.3 Å². The molecule has 1 saturated carbocycles. The molecule has 21 N–H and O–H groups in total. The summed E-state index contributed by atoms with van der Waals surface area (Å²) in [6.45, 7) is -0.340. The van der Waals surface area contributed by atoms with Gasteiger partial charge in [-0.3, -0.25) is 13.9 Å². The summed E-state index contributed by atoms with van der Waals surface area (Å²) in [6.07, 6.45) is -27.0. The molecule has 1 aliphatic carbocycles. The van der Waals surface area contributed by atoms with Gasteiger partial charge in [0, 0.05) is 0 Å². The van der Waals surface area contributed by atoms with Crippen LogP contribution < -0.4 is 28.3 Å². The number of nitrogens with zero attached hydrogens (tertiary/aromatic N) is 2. The average Bonchev–Trinajstić information content (AvgIpc) is 3.34. The monoisotopic (exact) mass is 841 g/mol. The minimum Gasteiger partial charge on any atom is -0.394 e. The molecule has 0 aromatic rings. The number of ether oxygens (including phenoxy) is 6. The van der Waals surface area contributed by atoms with Crippen LogP contribution in [0.1, 0.15) is 6.92 Å². The van der Waals surface area contributed by atoms with Gasteiger partial charge in [-0.15, -0.1) is 0 Å². The second-order valence-electron chi connectivity index (χ2n) is 13.1. The van der Waals surface area contributed by atoms with E-state index in [0.29, 0.717) is 0 Å². The van der Waals surface area contributed by atoms with Crippen molar-refractivity contribution in [3.05, 3.63) is 0 Å². The van der Waals surface area contributed by atoms with Crippen LogP contribution in [0, 0.1) is 0 Å². The van der Waals surface area contributed by atoms with E-state index >= 15 is 0 Å². The first-order chi connectivity index (χ1) is 25.9. The Morgan fingerprint density at radius 1 is 0.714 bits per heavy atom. The zero-order valence-electron chi connectivity index (χ0n) is 29.6. The first-order valence-corrected chi connectivity index (χ1v) is 18.0. The number of carbonyl (C=O) groups is 1. The summed E-state index contributed by atoms with van der Waals surface area (Å²) in [7, 11) is -3.31. The number of aliphatic imine (C=N–C) groups is 2. The number of hydrogen-bond donors (Lipinski definition) is 17. The molecule has 28 nitrogen and oxygen atoms in total. The van der Waals surface area contributed by atoms with Crippen molar-refractivity contribution in [3.8, 4) is 0 Å². The number of aldehydes is 1. The predicted molar refractivity (Wildman–Crippen MR) is 180 cm³/mol. The number of guanidine groups is 2. The van der Waals surface area contributed by atoms with Crippen molar-refractivity contribution in [1.29, 1.82) is 0 Å². The van der Waals surface area contributed by atoms with E-state index in [-0.39, 0.29) is 6.29 Å². The molecule has 4 aliphatic rings. The Kier molecular flexibility index (Phi) is 16.6. The molecule has 3 heterocycles. The summed E-state index contributed by atoms with van der Waals surface area (Å²) in [6, 6.07) is -4.40. The zero-order chi connectivity index (χ0) is 42.6. The van der Waals surface area contributed by atoms with Gasteiger partial charge < -0.3 is 108 Å². The minimum atomic E-state index is -4.67. The highest BCUT2D eigenvalue weighted by Gasteiger charge is 2.61. The fraction of sp³-hybridized carbons (Fsp3) is 0.889. The lowest BCUT2D eigenvalue weighted by Gasteiger charge is -2.48. The van der Waals surface area contributed by atoms with Crippen LogP contribution in [0.25, 0.3) is 0 Å². The molecule has 3 aliphatic heterocycles. The van der Waals surface area contributed by atoms with Crippen molar-refractivity contribution in [2.24, 2.45) is 32.9 Å². The number of likely N-dealkylation sites (N-methyl/N-ethyl adjacent to an activating group) is 1. The summed E-state index contributed by atoms with van der Waals surface area (Å²) in [5.74, 6) is -1.11. The number of aliphatic hydroxyl groups is 10. The smallest absolute Gasteiger partial charge is 0.394 e. The molecule has 3 saturated heterocycles. The van der Waals surface area contributed by atoms with Gasteiger partial charge in [-0.1, -0.05) is 0 Å². The Bertz CT molecular complexity index is 1450. The van der Waals surface area contributed by atoms with E-state index in [1.165, 1.54) is 14.0 Å². The molecule has 0 aromatic heterocycles. The fourth-order valence-corrected chi connectivity index (χ4v) is 6.57. The van der Waals surface area contributed by atoms with E-state index in [1.54, 1.807) is 0 Å². The van der Waals surface area contributed by atoms with Crippen LogP contribution in [0.15, 0.2) is 9.98 Å². The van der Waals surface area contributed by atoms with Gasteiger partial charge in [0.25, 0.3) is 0 Å². The molecular weight excluding hydrogens is 790 g/mol. The van der Waals surface area contributed by atoms with Gasteiger partial charge >= 0.3 is 10.4 Å². The highest BCUT2D eigenvalue weighted by Crippen LogP contribution is 2.39.